The number of fused-ring (bicyclic) bond motifs is 1. The van der Waals surface area contributed by atoms with Gasteiger partial charge >= 0.3 is 5.97 Å². The van der Waals surface area contributed by atoms with Crippen LogP contribution >= 0.6 is 0 Å². The van der Waals surface area contributed by atoms with Crippen LogP contribution in [0.15, 0.2) is 36.7 Å². The summed E-state index contributed by atoms with van der Waals surface area (Å²) in [5, 5.41) is 0. The van der Waals surface area contributed by atoms with E-state index in [0.717, 1.165) is 19.3 Å². The molecule has 4 rings (SSSR count). The number of aryl methyl sites for hydroxylation is 2. The normalized spacial score (nSPS) is 15.5. The van der Waals surface area contributed by atoms with Gasteiger partial charge in [-0.2, -0.15) is 0 Å². The number of hydrogen-bond donors (Lipinski definition) is 0. The number of Topliss-reactive ketones (excluding diaryl/α,β-unsaturated/α-hetero) is 1. The number of benzene rings is 1. The summed E-state index contributed by atoms with van der Waals surface area (Å²) in [6, 6.07) is 7.55. The maximum absolute atomic E-state index is 12.4. The molecule has 0 unspecified atom stereocenters. The van der Waals surface area contributed by atoms with Gasteiger partial charge in [0.15, 0.2) is 12.4 Å². The van der Waals surface area contributed by atoms with E-state index in [9.17, 15) is 14.4 Å². The maximum Gasteiger partial charge on any atom is 0.306 e. The molecule has 8 heteroatoms. The number of anilines is 1. The number of hydrogen-bond acceptors (Lipinski definition) is 7. The zero-order valence-corrected chi connectivity index (χ0v) is 17.5. The molecule has 162 valence electrons. The average Bonchev–Trinajstić information content (AvgIpc) is 3.29. The van der Waals surface area contributed by atoms with Crippen LogP contribution in [0.1, 0.15) is 40.7 Å². The molecule has 1 fully saturated rings. The molecule has 0 N–H and O–H groups in total. The van der Waals surface area contributed by atoms with E-state index in [2.05, 4.69) is 9.97 Å². The van der Waals surface area contributed by atoms with Crippen molar-refractivity contribution in [1.82, 2.24) is 14.9 Å². The molecule has 2 aliphatic rings. The average molecular weight is 422 g/mol. The summed E-state index contributed by atoms with van der Waals surface area (Å²) in [4.78, 5) is 48.9. The maximum atomic E-state index is 12.4. The Bertz CT molecular complexity index is 955. The molecule has 1 aromatic carbocycles. The van der Waals surface area contributed by atoms with E-state index >= 15 is 0 Å². The van der Waals surface area contributed by atoms with E-state index in [1.54, 1.807) is 23.4 Å². The van der Waals surface area contributed by atoms with E-state index in [0.29, 0.717) is 37.7 Å². The highest BCUT2D eigenvalue weighted by molar-refractivity contribution is 5.98. The van der Waals surface area contributed by atoms with Crippen molar-refractivity contribution in [3.05, 3.63) is 53.3 Å². The summed E-state index contributed by atoms with van der Waals surface area (Å²) in [5.41, 5.74) is 3.19. The summed E-state index contributed by atoms with van der Waals surface area (Å²) in [6.07, 6.45) is 6.64. The SMILES string of the molecule is O=C(CCC(=O)c1ccc2c(c1)CCC2)OCC(=O)N1CCN(c2ncccn2)CC1. The predicted molar refractivity (Wildman–Crippen MR) is 114 cm³/mol. The second kappa shape index (κ2) is 9.68. The van der Waals surface area contributed by atoms with Gasteiger partial charge in [-0.1, -0.05) is 12.1 Å². The van der Waals surface area contributed by atoms with Crippen molar-refractivity contribution in [2.45, 2.75) is 32.1 Å². The van der Waals surface area contributed by atoms with Crippen molar-refractivity contribution in [3.63, 3.8) is 0 Å². The Kier molecular flexibility index (Phi) is 6.54. The lowest BCUT2D eigenvalue weighted by Crippen LogP contribution is -2.50. The third kappa shape index (κ3) is 5.25. The van der Waals surface area contributed by atoms with E-state index in [1.807, 2.05) is 23.1 Å². The predicted octanol–water partition coefficient (Wildman–Crippen LogP) is 1.82. The minimum Gasteiger partial charge on any atom is -0.456 e. The van der Waals surface area contributed by atoms with Crippen molar-refractivity contribution in [1.29, 1.82) is 0 Å². The Balaban J connectivity index is 1.17. The summed E-state index contributed by atoms with van der Waals surface area (Å²) in [6.45, 7) is 1.99. The van der Waals surface area contributed by atoms with Gasteiger partial charge in [-0.15, -0.1) is 0 Å². The Morgan fingerprint density at radius 1 is 0.935 bits per heavy atom. The first-order chi connectivity index (χ1) is 15.1. The molecule has 1 aromatic heterocycles. The number of esters is 1. The number of rotatable bonds is 7. The van der Waals surface area contributed by atoms with Gasteiger partial charge in [0.25, 0.3) is 5.91 Å². The minimum atomic E-state index is -0.529. The summed E-state index contributed by atoms with van der Waals surface area (Å²) < 4.78 is 5.11. The van der Waals surface area contributed by atoms with E-state index < -0.39 is 5.97 Å². The first kappa shape index (κ1) is 21.0. The number of carbonyl (C=O) groups excluding carboxylic acids is 3. The number of ketones is 1. The molecule has 1 aliphatic heterocycles. The highest BCUT2D eigenvalue weighted by Gasteiger charge is 2.23. The Morgan fingerprint density at radius 3 is 2.45 bits per heavy atom. The lowest BCUT2D eigenvalue weighted by molar-refractivity contribution is -0.152. The van der Waals surface area contributed by atoms with Crippen LogP contribution in [0.5, 0.6) is 0 Å². The second-order valence-electron chi connectivity index (χ2n) is 7.84. The number of carbonyl (C=O) groups is 3. The van der Waals surface area contributed by atoms with Crippen molar-refractivity contribution in [3.8, 4) is 0 Å². The fourth-order valence-corrected chi connectivity index (χ4v) is 4.02. The van der Waals surface area contributed by atoms with Crippen LogP contribution in [-0.2, 0) is 27.2 Å². The van der Waals surface area contributed by atoms with Gasteiger partial charge < -0.3 is 14.5 Å². The van der Waals surface area contributed by atoms with E-state index in [4.69, 9.17) is 4.74 Å². The van der Waals surface area contributed by atoms with Crippen LogP contribution in [0.3, 0.4) is 0 Å². The third-order valence-electron chi connectivity index (χ3n) is 5.80. The van der Waals surface area contributed by atoms with Gasteiger partial charge in [-0.05, 0) is 42.5 Å². The van der Waals surface area contributed by atoms with Crippen molar-refractivity contribution >= 4 is 23.6 Å². The van der Waals surface area contributed by atoms with Gasteiger partial charge in [-0.25, -0.2) is 9.97 Å². The molecule has 8 nitrogen and oxygen atoms in total. The second-order valence-corrected chi connectivity index (χ2v) is 7.84. The number of nitrogens with zero attached hydrogens (tertiary/aromatic N) is 4. The van der Waals surface area contributed by atoms with Gasteiger partial charge in [0, 0.05) is 50.6 Å². The van der Waals surface area contributed by atoms with Gasteiger partial charge in [0.1, 0.15) is 0 Å². The van der Waals surface area contributed by atoms with Gasteiger partial charge in [0.2, 0.25) is 5.95 Å². The number of piperazine rings is 1. The molecule has 0 bridgehead atoms. The topological polar surface area (TPSA) is 92.7 Å². The number of ether oxygens (including phenoxy) is 1. The highest BCUT2D eigenvalue weighted by atomic mass is 16.5. The molecule has 0 atom stereocenters. The van der Waals surface area contributed by atoms with Crippen LogP contribution in [0, 0.1) is 0 Å². The molecule has 2 heterocycles. The van der Waals surface area contributed by atoms with E-state index in [-0.39, 0.29) is 31.1 Å². The zero-order chi connectivity index (χ0) is 21.6. The number of aromatic nitrogens is 2. The first-order valence-electron chi connectivity index (χ1n) is 10.7. The van der Waals surface area contributed by atoms with Gasteiger partial charge in [-0.3, -0.25) is 14.4 Å². The Morgan fingerprint density at radius 2 is 1.68 bits per heavy atom. The molecule has 0 saturated carbocycles. The first-order valence-corrected chi connectivity index (χ1v) is 10.7. The van der Waals surface area contributed by atoms with Crippen LogP contribution < -0.4 is 4.90 Å². The minimum absolute atomic E-state index is 0.0255. The van der Waals surface area contributed by atoms with Crippen molar-refractivity contribution < 1.29 is 19.1 Å². The summed E-state index contributed by atoms with van der Waals surface area (Å²) >= 11 is 0. The molecule has 2 aromatic rings. The largest absolute Gasteiger partial charge is 0.456 e. The van der Waals surface area contributed by atoms with Gasteiger partial charge in [0.05, 0.1) is 6.42 Å². The molecule has 1 aliphatic carbocycles. The quantitative estimate of drug-likeness (QED) is 0.496. The lowest BCUT2D eigenvalue weighted by Gasteiger charge is -2.34. The van der Waals surface area contributed by atoms with Crippen molar-refractivity contribution in [2.75, 3.05) is 37.7 Å². The zero-order valence-electron chi connectivity index (χ0n) is 17.5. The van der Waals surface area contributed by atoms with Crippen LogP contribution in [0.2, 0.25) is 0 Å². The Labute approximate surface area is 181 Å². The summed E-state index contributed by atoms with van der Waals surface area (Å²) in [5.74, 6) is -0.183. The molecule has 31 heavy (non-hydrogen) atoms. The van der Waals surface area contributed by atoms with E-state index in [1.165, 1.54) is 11.1 Å². The molecule has 1 saturated heterocycles. The third-order valence-corrected chi connectivity index (χ3v) is 5.80. The monoisotopic (exact) mass is 422 g/mol. The van der Waals surface area contributed by atoms with Crippen LogP contribution in [0.25, 0.3) is 0 Å². The number of amides is 1. The standard InChI is InChI=1S/C23H26N4O4/c28-20(19-6-5-17-3-1-4-18(17)15-19)7-8-22(30)31-16-21(29)26-11-13-27(14-12-26)23-24-9-2-10-25-23/h2,5-6,9-10,15H,1,3-4,7-8,11-14,16H2. The Hall–Kier alpha value is -3.29. The molecule has 1 amide bonds. The fourth-order valence-electron chi connectivity index (χ4n) is 4.02. The summed E-state index contributed by atoms with van der Waals surface area (Å²) in [7, 11) is 0. The molecular weight excluding hydrogens is 396 g/mol. The smallest absolute Gasteiger partial charge is 0.306 e. The van der Waals surface area contributed by atoms with Crippen LogP contribution in [0.4, 0.5) is 5.95 Å². The lowest BCUT2D eigenvalue weighted by atomic mass is 10.0. The molecular formula is C23H26N4O4. The highest BCUT2D eigenvalue weighted by Crippen LogP contribution is 2.23. The fraction of sp³-hybridized carbons (Fsp3) is 0.435. The molecule has 0 spiro atoms. The van der Waals surface area contributed by atoms with Crippen LogP contribution in [-0.4, -0.2) is 65.3 Å². The van der Waals surface area contributed by atoms with Crippen molar-refractivity contribution in [2.24, 2.45) is 0 Å². The molecule has 0 radical (unpaired) electrons.